The third kappa shape index (κ3) is 8.78. The fourth-order valence-electron chi connectivity index (χ4n) is 4.27. The maximum Gasteiger partial charge on any atom is 0.141 e. The Morgan fingerprint density at radius 3 is 1.22 bits per heavy atom. The van der Waals surface area contributed by atoms with E-state index in [1.165, 1.54) is 22.3 Å². The molecule has 4 aromatic rings. The van der Waals surface area contributed by atoms with Gasteiger partial charge in [0.25, 0.3) is 0 Å². The third-order valence-corrected chi connectivity index (χ3v) is 6.27. The van der Waals surface area contributed by atoms with Crippen LogP contribution in [0.15, 0.2) is 97.1 Å². The van der Waals surface area contributed by atoms with Crippen LogP contribution in [0.5, 0.6) is 0 Å². The number of benzene rings is 4. The monoisotopic (exact) mass is 476 g/mol. The highest BCUT2D eigenvalue weighted by Gasteiger charge is 2.08. The average molecular weight is 477 g/mol. The van der Waals surface area contributed by atoms with Gasteiger partial charge in [0.15, 0.2) is 0 Å². The van der Waals surface area contributed by atoms with E-state index in [0.29, 0.717) is 25.7 Å². The lowest BCUT2D eigenvalue weighted by molar-refractivity contribution is -0.118. The molecular weight excluding hydrogens is 440 g/mol. The standard InChI is InChI=1S/2C17H18O/c2*1-13-6-5-8-15(10-13)11-17(18)12-16-9-4-3-7-14(16)2/h2*3-10H,11-12H2,1-2H3. The largest absolute Gasteiger partial charge is 0.299 e. The number of Topliss-reactive ketones (excluding diaryl/α,β-unsaturated/α-hetero) is 2. The predicted molar refractivity (Wildman–Crippen MR) is 150 cm³/mol. The normalized spacial score (nSPS) is 10.3. The van der Waals surface area contributed by atoms with Crippen molar-refractivity contribution in [2.24, 2.45) is 0 Å². The highest BCUT2D eigenvalue weighted by atomic mass is 16.1. The van der Waals surface area contributed by atoms with Gasteiger partial charge in [-0.05, 0) is 61.1 Å². The topological polar surface area (TPSA) is 34.1 Å². The van der Waals surface area contributed by atoms with Crippen LogP contribution in [0.2, 0.25) is 0 Å². The minimum absolute atomic E-state index is 0.273. The molecular formula is C34H36O2. The van der Waals surface area contributed by atoms with Crippen LogP contribution in [-0.4, -0.2) is 11.6 Å². The van der Waals surface area contributed by atoms with Crippen molar-refractivity contribution in [3.8, 4) is 0 Å². The average Bonchev–Trinajstić information content (AvgIpc) is 2.82. The smallest absolute Gasteiger partial charge is 0.141 e. The second kappa shape index (κ2) is 13.3. The van der Waals surface area contributed by atoms with Crippen molar-refractivity contribution in [1.82, 2.24) is 0 Å². The van der Waals surface area contributed by atoms with Crippen LogP contribution in [0.4, 0.5) is 0 Å². The zero-order valence-corrected chi connectivity index (χ0v) is 21.9. The van der Waals surface area contributed by atoms with E-state index in [2.05, 4.69) is 64.1 Å². The van der Waals surface area contributed by atoms with Gasteiger partial charge < -0.3 is 0 Å². The molecule has 0 amide bonds. The summed E-state index contributed by atoms with van der Waals surface area (Å²) in [5.41, 5.74) is 9.27. The van der Waals surface area contributed by atoms with E-state index in [-0.39, 0.29) is 11.6 Å². The molecule has 2 heteroatoms. The summed E-state index contributed by atoms with van der Waals surface area (Å²) in [6.07, 6.45) is 2.10. The second-order valence-electron chi connectivity index (χ2n) is 9.62. The Hall–Kier alpha value is -3.78. The van der Waals surface area contributed by atoms with Gasteiger partial charge in [0.1, 0.15) is 11.6 Å². The minimum Gasteiger partial charge on any atom is -0.299 e. The molecule has 0 N–H and O–H groups in total. The molecule has 36 heavy (non-hydrogen) atoms. The highest BCUT2D eigenvalue weighted by Crippen LogP contribution is 2.12. The van der Waals surface area contributed by atoms with Crippen molar-refractivity contribution in [3.05, 3.63) is 142 Å². The maximum atomic E-state index is 12.0. The fraction of sp³-hybridized carbons (Fsp3) is 0.235. The van der Waals surface area contributed by atoms with Crippen LogP contribution < -0.4 is 0 Å². The van der Waals surface area contributed by atoms with Crippen molar-refractivity contribution in [2.45, 2.75) is 53.4 Å². The summed E-state index contributed by atoms with van der Waals surface area (Å²) in [4.78, 5) is 24.1. The van der Waals surface area contributed by atoms with Crippen molar-refractivity contribution in [2.75, 3.05) is 0 Å². The van der Waals surface area contributed by atoms with Gasteiger partial charge in [-0.3, -0.25) is 9.59 Å². The Morgan fingerprint density at radius 2 is 0.861 bits per heavy atom. The number of ketones is 2. The van der Waals surface area contributed by atoms with E-state index in [4.69, 9.17) is 0 Å². The fourth-order valence-corrected chi connectivity index (χ4v) is 4.27. The highest BCUT2D eigenvalue weighted by molar-refractivity contribution is 5.84. The van der Waals surface area contributed by atoms with Crippen LogP contribution >= 0.6 is 0 Å². The molecule has 0 aliphatic carbocycles. The number of carbonyl (C=O) groups excluding carboxylic acids is 2. The molecule has 0 saturated carbocycles. The molecule has 0 aliphatic heterocycles. The molecule has 0 saturated heterocycles. The van der Waals surface area contributed by atoms with Gasteiger partial charge in [0.05, 0.1) is 0 Å². The molecule has 0 bridgehead atoms. The van der Waals surface area contributed by atoms with Gasteiger partial charge in [0.2, 0.25) is 0 Å². The summed E-state index contributed by atoms with van der Waals surface area (Å²) in [5, 5.41) is 0. The zero-order valence-electron chi connectivity index (χ0n) is 21.9. The first kappa shape index (κ1) is 26.8. The van der Waals surface area contributed by atoms with Crippen molar-refractivity contribution >= 4 is 11.6 Å². The second-order valence-corrected chi connectivity index (χ2v) is 9.62. The Morgan fingerprint density at radius 1 is 0.472 bits per heavy atom. The van der Waals surface area contributed by atoms with Crippen LogP contribution in [0.3, 0.4) is 0 Å². The molecule has 4 aromatic carbocycles. The van der Waals surface area contributed by atoms with Crippen LogP contribution in [-0.2, 0) is 35.3 Å². The summed E-state index contributed by atoms with van der Waals surface area (Å²) in [7, 11) is 0. The van der Waals surface area contributed by atoms with Gasteiger partial charge in [0, 0.05) is 25.7 Å². The van der Waals surface area contributed by atoms with E-state index in [0.717, 1.165) is 22.3 Å². The molecule has 2 nitrogen and oxygen atoms in total. The molecule has 0 spiro atoms. The molecule has 4 rings (SSSR count). The lowest BCUT2D eigenvalue weighted by atomic mass is 9.99. The molecule has 0 atom stereocenters. The van der Waals surface area contributed by atoms with Crippen LogP contribution in [0.25, 0.3) is 0 Å². The van der Waals surface area contributed by atoms with E-state index in [9.17, 15) is 9.59 Å². The maximum absolute atomic E-state index is 12.0. The van der Waals surface area contributed by atoms with E-state index < -0.39 is 0 Å². The SMILES string of the molecule is Cc1cccc(CC(=O)Cc2ccccc2C)c1.Cc1cccc(CC(=O)Cc2ccccc2C)c1. The molecule has 0 unspecified atom stereocenters. The Bertz CT molecular complexity index is 1210. The van der Waals surface area contributed by atoms with Gasteiger partial charge in [-0.1, -0.05) is 108 Å². The quantitative estimate of drug-likeness (QED) is 0.267. The van der Waals surface area contributed by atoms with Crippen LogP contribution in [0, 0.1) is 27.7 Å². The molecule has 0 heterocycles. The third-order valence-electron chi connectivity index (χ3n) is 6.27. The first-order valence-corrected chi connectivity index (χ1v) is 12.5. The Kier molecular flexibility index (Phi) is 9.94. The number of rotatable bonds is 8. The summed E-state index contributed by atoms with van der Waals surface area (Å²) < 4.78 is 0. The molecule has 0 aromatic heterocycles. The zero-order chi connectivity index (χ0) is 25.9. The number of hydrogen-bond donors (Lipinski definition) is 0. The van der Waals surface area contributed by atoms with Gasteiger partial charge >= 0.3 is 0 Å². The lowest BCUT2D eigenvalue weighted by Crippen LogP contribution is -2.07. The summed E-state index contributed by atoms with van der Waals surface area (Å²) >= 11 is 0. The number of hydrogen-bond acceptors (Lipinski definition) is 2. The van der Waals surface area contributed by atoms with Crippen molar-refractivity contribution in [3.63, 3.8) is 0 Å². The first-order valence-electron chi connectivity index (χ1n) is 12.5. The van der Waals surface area contributed by atoms with E-state index in [1.54, 1.807) is 0 Å². The Balaban J connectivity index is 0.000000201. The van der Waals surface area contributed by atoms with E-state index in [1.807, 2.05) is 60.7 Å². The Labute approximate surface area is 216 Å². The summed E-state index contributed by atoms with van der Waals surface area (Å²) in [6.45, 7) is 8.20. The molecule has 0 radical (unpaired) electrons. The molecule has 0 fully saturated rings. The lowest BCUT2D eigenvalue weighted by Gasteiger charge is -2.05. The van der Waals surface area contributed by atoms with Crippen LogP contribution in [0.1, 0.15) is 44.5 Å². The number of carbonyl (C=O) groups is 2. The molecule has 0 aliphatic rings. The summed E-state index contributed by atoms with van der Waals surface area (Å²) in [6, 6.07) is 32.5. The minimum atomic E-state index is 0.273. The first-order chi connectivity index (χ1) is 17.3. The van der Waals surface area contributed by atoms with Gasteiger partial charge in [-0.15, -0.1) is 0 Å². The van der Waals surface area contributed by atoms with Crippen molar-refractivity contribution < 1.29 is 9.59 Å². The molecule has 184 valence electrons. The van der Waals surface area contributed by atoms with Gasteiger partial charge in [-0.2, -0.15) is 0 Å². The predicted octanol–water partition coefficient (Wildman–Crippen LogP) is 7.32. The van der Waals surface area contributed by atoms with Gasteiger partial charge in [-0.25, -0.2) is 0 Å². The van der Waals surface area contributed by atoms with E-state index >= 15 is 0 Å². The van der Waals surface area contributed by atoms with Crippen molar-refractivity contribution in [1.29, 1.82) is 0 Å². The summed E-state index contributed by atoms with van der Waals surface area (Å²) in [5.74, 6) is 0.546. The number of aryl methyl sites for hydroxylation is 4.